The molecule has 0 bridgehead atoms. The number of fused-ring (bicyclic) bond motifs is 1. The van der Waals surface area contributed by atoms with Crippen molar-refractivity contribution in [2.45, 2.75) is 19.3 Å². The number of amides is 1. The summed E-state index contributed by atoms with van der Waals surface area (Å²) in [4.78, 5) is 31.9. The van der Waals surface area contributed by atoms with E-state index in [2.05, 4.69) is 5.48 Å². The highest BCUT2D eigenvalue weighted by molar-refractivity contribution is 5.97. The van der Waals surface area contributed by atoms with Crippen molar-refractivity contribution in [3.05, 3.63) is 53.3 Å². The molecule has 2 heterocycles. The van der Waals surface area contributed by atoms with Crippen LogP contribution >= 0.6 is 0 Å². The van der Waals surface area contributed by atoms with Crippen LogP contribution in [0.25, 0.3) is 6.08 Å². The number of ether oxygens (including phenoxy) is 2. The number of morpholine rings is 1. The van der Waals surface area contributed by atoms with E-state index in [4.69, 9.17) is 14.3 Å². The van der Waals surface area contributed by atoms with Crippen LogP contribution < -0.4 is 5.48 Å². The molecule has 9 heteroatoms. The predicted octanol–water partition coefficient (Wildman–Crippen LogP) is 2.27. The molecule has 3 rings (SSSR count). The van der Waals surface area contributed by atoms with Crippen molar-refractivity contribution in [1.29, 1.82) is 0 Å². The standard InChI is InChI=1S/C23H28N2O7/c26-19-14-17-13-18(24-32-16-21(28)25-8-11-30-12-9-25)7-5-3-1-2-4-6-10-31-23(29)22(17)20(27)15-19/h2,4-5,7,13-15,24,26-27H,1,3,6,8-12,16H2/b4-2?,7-5?,18-13-. The van der Waals surface area contributed by atoms with Crippen molar-refractivity contribution in [1.82, 2.24) is 10.4 Å². The van der Waals surface area contributed by atoms with E-state index < -0.39 is 11.7 Å². The molecular formula is C23H28N2O7. The zero-order valence-electron chi connectivity index (χ0n) is 17.8. The fourth-order valence-electron chi connectivity index (χ4n) is 3.26. The van der Waals surface area contributed by atoms with Gasteiger partial charge in [-0.3, -0.25) is 15.1 Å². The second-order valence-electron chi connectivity index (χ2n) is 7.29. The fraction of sp³-hybridized carbons (Fsp3) is 0.391. The average molecular weight is 444 g/mol. The van der Waals surface area contributed by atoms with Crippen LogP contribution in [0.2, 0.25) is 0 Å². The summed E-state index contributed by atoms with van der Waals surface area (Å²) in [6, 6.07) is 2.42. The SMILES string of the molecule is O=C1OCCC=CCCC=C/C(NOCC(=O)N2CCOCC2)=C/c2cc(O)cc(O)c21. The average Bonchev–Trinajstić information content (AvgIpc) is 2.77. The van der Waals surface area contributed by atoms with Crippen molar-refractivity contribution in [3.8, 4) is 11.5 Å². The first kappa shape index (κ1) is 23.4. The molecule has 1 fully saturated rings. The lowest BCUT2D eigenvalue weighted by Crippen LogP contribution is -2.43. The first-order valence-corrected chi connectivity index (χ1v) is 10.5. The minimum atomic E-state index is -0.703. The lowest BCUT2D eigenvalue weighted by Gasteiger charge is -2.26. The van der Waals surface area contributed by atoms with Gasteiger partial charge in [0.25, 0.3) is 5.91 Å². The Balaban J connectivity index is 1.80. The number of esters is 1. The number of benzene rings is 1. The number of rotatable bonds is 4. The molecule has 9 nitrogen and oxygen atoms in total. The molecule has 0 aliphatic carbocycles. The highest BCUT2D eigenvalue weighted by Gasteiger charge is 2.19. The molecular weight excluding hydrogens is 416 g/mol. The highest BCUT2D eigenvalue weighted by atomic mass is 16.6. The number of hydrogen-bond donors (Lipinski definition) is 3. The Kier molecular flexibility index (Phi) is 8.70. The van der Waals surface area contributed by atoms with Crippen molar-refractivity contribution in [2.24, 2.45) is 0 Å². The third-order valence-electron chi connectivity index (χ3n) is 4.88. The largest absolute Gasteiger partial charge is 0.508 e. The number of carbonyl (C=O) groups excluding carboxylic acids is 2. The molecule has 1 aromatic carbocycles. The molecule has 0 atom stereocenters. The van der Waals surface area contributed by atoms with E-state index in [0.717, 1.165) is 18.9 Å². The molecule has 0 saturated carbocycles. The summed E-state index contributed by atoms with van der Waals surface area (Å²) in [6.45, 7) is 2.03. The van der Waals surface area contributed by atoms with Gasteiger partial charge in [-0.25, -0.2) is 4.79 Å². The zero-order chi connectivity index (χ0) is 22.8. The van der Waals surface area contributed by atoms with Crippen LogP contribution in [0.4, 0.5) is 0 Å². The normalized spacial score (nSPS) is 19.3. The molecule has 32 heavy (non-hydrogen) atoms. The van der Waals surface area contributed by atoms with Crippen LogP contribution in [0.3, 0.4) is 0 Å². The van der Waals surface area contributed by atoms with Crippen LogP contribution in [0, 0.1) is 0 Å². The van der Waals surface area contributed by atoms with Crippen LogP contribution in [-0.2, 0) is 19.1 Å². The van der Waals surface area contributed by atoms with E-state index in [9.17, 15) is 19.8 Å². The Morgan fingerprint density at radius 3 is 2.62 bits per heavy atom. The van der Waals surface area contributed by atoms with Gasteiger partial charge in [-0.15, -0.1) is 0 Å². The summed E-state index contributed by atoms with van der Waals surface area (Å²) in [5.74, 6) is -1.47. The van der Waals surface area contributed by atoms with Crippen LogP contribution in [0.1, 0.15) is 35.2 Å². The van der Waals surface area contributed by atoms with Gasteiger partial charge in [0.2, 0.25) is 0 Å². The summed E-state index contributed by atoms with van der Waals surface area (Å²) < 4.78 is 10.5. The Morgan fingerprint density at radius 2 is 1.81 bits per heavy atom. The lowest BCUT2D eigenvalue weighted by molar-refractivity contribution is -0.142. The van der Waals surface area contributed by atoms with E-state index in [-0.39, 0.29) is 36.0 Å². The second-order valence-corrected chi connectivity index (χ2v) is 7.29. The third-order valence-corrected chi connectivity index (χ3v) is 4.88. The van der Waals surface area contributed by atoms with E-state index in [1.54, 1.807) is 11.0 Å². The van der Waals surface area contributed by atoms with Crippen molar-refractivity contribution >= 4 is 18.0 Å². The molecule has 1 saturated heterocycles. The maximum Gasteiger partial charge on any atom is 0.342 e. The molecule has 172 valence electrons. The summed E-state index contributed by atoms with van der Waals surface area (Å²) in [6.07, 6.45) is 11.3. The second kappa shape index (κ2) is 11.9. The zero-order valence-corrected chi connectivity index (χ0v) is 17.8. The van der Waals surface area contributed by atoms with Crippen molar-refractivity contribution < 1.29 is 34.1 Å². The van der Waals surface area contributed by atoms with Gasteiger partial charge in [0, 0.05) is 19.2 Å². The number of nitrogens with zero attached hydrogens (tertiary/aromatic N) is 1. The smallest absolute Gasteiger partial charge is 0.342 e. The van der Waals surface area contributed by atoms with Gasteiger partial charge < -0.3 is 24.6 Å². The van der Waals surface area contributed by atoms with Crippen LogP contribution in [-0.4, -0.2) is 66.5 Å². The summed E-state index contributed by atoms with van der Waals surface area (Å²) in [7, 11) is 0. The molecule has 1 aromatic rings. The quantitative estimate of drug-likeness (QED) is 0.368. The number of cyclic esters (lactones) is 1. The minimum absolute atomic E-state index is 0.0686. The monoisotopic (exact) mass is 444 g/mol. The Labute approximate surface area is 186 Å². The first-order chi connectivity index (χ1) is 15.5. The number of nitrogens with one attached hydrogen (secondary N) is 1. The molecule has 0 aromatic heterocycles. The Morgan fingerprint density at radius 1 is 1.06 bits per heavy atom. The van der Waals surface area contributed by atoms with Crippen molar-refractivity contribution in [2.75, 3.05) is 39.5 Å². The van der Waals surface area contributed by atoms with Crippen LogP contribution in [0.15, 0.2) is 42.1 Å². The van der Waals surface area contributed by atoms with Gasteiger partial charge in [0.05, 0.1) is 25.5 Å². The van der Waals surface area contributed by atoms with Gasteiger partial charge in [-0.2, -0.15) is 0 Å². The number of hydrogen-bond acceptors (Lipinski definition) is 8. The van der Waals surface area contributed by atoms with Crippen LogP contribution in [0.5, 0.6) is 11.5 Å². The highest BCUT2D eigenvalue weighted by Crippen LogP contribution is 2.29. The number of aromatic hydroxyl groups is 2. The van der Waals surface area contributed by atoms with E-state index in [1.807, 2.05) is 18.2 Å². The number of allylic oxidation sites excluding steroid dienone is 3. The fourth-order valence-corrected chi connectivity index (χ4v) is 3.26. The molecule has 3 N–H and O–H groups in total. The molecule has 0 spiro atoms. The maximum absolute atomic E-state index is 12.5. The molecule has 0 unspecified atom stereocenters. The van der Waals surface area contributed by atoms with Crippen molar-refractivity contribution in [3.63, 3.8) is 0 Å². The number of phenols is 2. The molecule has 1 amide bonds. The van der Waals surface area contributed by atoms with Gasteiger partial charge in [-0.1, -0.05) is 18.2 Å². The number of phenolic OH excluding ortho intramolecular Hbond substituents is 2. The Bertz CT molecular complexity index is 902. The Hall–Kier alpha value is -3.30. The molecule has 2 aliphatic rings. The maximum atomic E-state index is 12.5. The summed E-state index contributed by atoms with van der Waals surface area (Å²) >= 11 is 0. The topological polar surface area (TPSA) is 118 Å². The van der Waals surface area contributed by atoms with E-state index in [1.165, 1.54) is 12.1 Å². The summed E-state index contributed by atoms with van der Waals surface area (Å²) in [5, 5.41) is 20.2. The van der Waals surface area contributed by atoms with Gasteiger partial charge >= 0.3 is 5.97 Å². The predicted molar refractivity (Wildman–Crippen MR) is 117 cm³/mol. The van der Waals surface area contributed by atoms with E-state index in [0.29, 0.717) is 38.4 Å². The minimum Gasteiger partial charge on any atom is -0.508 e. The molecule has 0 radical (unpaired) electrons. The third kappa shape index (κ3) is 6.86. The lowest BCUT2D eigenvalue weighted by atomic mass is 10.0. The summed E-state index contributed by atoms with van der Waals surface area (Å²) in [5.41, 5.74) is 3.34. The van der Waals surface area contributed by atoms with Gasteiger partial charge in [0.1, 0.15) is 17.1 Å². The van der Waals surface area contributed by atoms with Gasteiger partial charge in [0.15, 0.2) is 6.61 Å². The number of hydroxylamine groups is 1. The molecule has 2 aliphatic heterocycles. The van der Waals surface area contributed by atoms with Gasteiger partial charge in [-0.05, 0) is 43.0 Å². The van der Waals surface area contributed by atoms with E-state index >= 15 is 0 Å². The number of carbonyl (C=O) groups is 2. The first-order valence-electron chi connectivity index (χ1n) is 10.5.